The summed E-state index contributed by atoms with van der Waals surface area (Å²) >= 11 is 0. The van der Waals surface area contributed by atoms with E-state index in [-0.39, 0.29) is 18.4 Å². The Labute approximate surface area is 179 Å². The molecule has 0 aromatic heterocycles. The van der Waals surface area contributed by atoms with Crippen molar-refractivity contribution < 1.29 is 19.1 Å². The van der Waals surface area contributed by atoms with Crippen LogP contribution < -0.4 is 14.8 Å². The first-order valence-electron chi connectivity index (χ1n) is 10.3. The zero-order valence-electron chi connectivity index (χ0n) is 18.3. The van der Waals surface area contributed by atoms with Crippen molar-refractivity contribution in [3.05, 3.63) is 60.2 Å². The number of nitrogens with one attached hydrogen (secondary N) is 1. The van der Waals surface area contributed by atoms with Gasteiger partial charge in [-0.05, 0) is 49.1 Å². The average molecular weight is 413 g/mol. The predicted molar refractivity (Wildman–Crippen MR) is 117 cm³/mol. The molecule has 0 bridgehead atoms. The quantitative estimate of drug-likeness (QED) is 0.612. The maximum absolute atomic E-state index is 13.0. The Balaban J connectivity index is 2.08. The van der Waals surface area contributed by atoms with Gasteiger partial charge in [0.1, 0.15) is 17.5 Å². The minimum absolute atomic E-state index is 0.135. The van der Waals surface area contributed by atoms with Crippen LogP contribution in [0.25, 0.3) is 0 Å². The molecule has 6 heteroatoms. The number of amides is 2. The first-order valence-corrected chi connectivity index (χ1v) is 10.3. The minimum atomic E-state index is -0.619. The number of benzene rings is 2. The van der Waals surface area contributed by atoms with Gasteiger partial charge in [0, 0.05) is 13.1 Å². The first-order chi connectivity index (χ1) is 14.4. The van der Waals surface area contributed by atoms with Crippen molar-refractivity contribution >= 4 is 11.8 Å². The van der Waals surface area contributed by atoms with E-state index in [2.05, 4.69) is 19.2 Å². The van der Waals surface area contributed by atoms with E-state index in [9.17, 15) is 9.59 Å². The van der Waals surface area contributed by atoms with Crippen molar-refractivity contribution in [1.82, 2.24) is 10.2 Å². The maximum atomic E-state index is 13.0. The predicted octanol–water partition coefficient (Wildman–Crippen LogP) is 3.65. The molecule has 30 heavy (non-hydrogen) atoms. The van der Waals surface area contributed by atoms with Crippen LogP contribution in [0.5, 0.6) is 11.5 Å². The van der Waals surface area contributed by atoms with Crippen LogP contribution in [0.2, 0.25) is 0 Å². The number of carbonyl (C=O) groups excluding carboxylic acids is 2. The van der Waals surface area contributed by atoms with Crippen LogP contribution in [0.3, 0.4) is 0 Å². The van der Waals surface area contributed by atoms with Gasteiger partial charge in [0.15, 0.2) is 6.61 Å². The highest BCUT2D eigenvalue weighted by atomic mass is 16.5. The molecule has 0 spiro atoms. The van der Waals surface area contributed by atoms with Crippen LogP contribution in [-0.2, 0) is 16.1 Å². The molecular weight excluding hydrogens is 380 g/mol. The maximum Gasteiger partial charge on any atom is 0.261 e. The number of rotatable bonds is 11. The van der Waals surface area contributed by atoms with Crippen molar-refractivity contribution in [2.45, 2.75) is 39.8 Å². The zero-order valence-corrected chi connectivity index (χ0v) is 18.3. The summed E-state index contributed by atoms with van der Waals surface area (Å²) in [6.45, 7) is 6.72. The summed E-state index contributed by atoms with van der Waals surface area (Å²) in [5.41, 5.74) is 0.908. The molecule has 0 radical (unpaired) electrons. The van der Waals surface area contributed by atoms with E-state index in [4.69, 9.17) is 9.47 Å². The molecule has 0 aliphatic heterocycles. The van der Waals surface area contributed by atoms with E-state index in [1.807, 2.05) is 42.5 Å². The highest BCUT2D eigenvalue weighted by Crippen LogP contribution is 2.16. The molecule has 1 N–H and O–H groups in total. The number of carbonyl (C=O) groups is 2. The van der Waals surface area contributed by atoms with Crippen LogP contribution in [-0.4, -0.2) is 43.0 Å². The summed E-state index contributed by atoms with van der Waals surface area (Å²) in [6.07, 6.45) is 0.891. The van der Waals surface area contributed by atoms with Crippen LogP contribution in [0.4, 0.5) is 0 Å². The van der Waals surface area contributed by atoms with Crippen molar-refractivity contribution in [2.75, 3.05) is 20.3 Å². The summed E-state index contributed by atoms with van der Waals surface area (Å²) in [7, 11) is 1.61. The summed E-state index contributed by atoms with van der Waals surface area (Å²) < 4.78 is 10.8. The summed E-state index contributed by atoms with van der Waals surface area (Å²) in [4.78, 5) is 27.2. The molecule has 0 aliphatic carbocycles. The van der Waals surface area contributed by atoms with Crippen LogP contribution in [0.1, 0.15) is 32.8 Å². The largest absolute Gasteiger partial charge is 0.497 e. The summed E-state index contributed by atoms with van der Waals surface area (Å²) in [5.74, 6) is 1.43. The molecule has 0 heterocycles. The molecule has 2 amide bonds. The van der Waals surface area contributed by atoms with E-state index in [0.29, 0.717) is 24.8 Å². The third-order valence-electron chi connectivity index (χ3n) is 4.81. The van der Waals surface area contributed by atoms with Crippen LogP contribution in [0.15, 0.2) is 54.6 Å². The van der Waals surface area contributed by atoms with E-state index in [1.54, 1.807) is 31.1 Å². The lowest BCUT2D eigenvalue weighted by molar-refractivity contribution is -0.142. The number of methoxy groups -OCH3 is 1. The van der Waals surface area contributed by atoms with Gasteiger partial charge >= 0.3 is 0 Å². The van der Waals surface area contributed by atoms with Gasteiger partial charge in [0.05, 0.1) is 7.11 Å². The fourth-order valence-electron chi connectivity index (χ4n) is 2.89. The minimum Gasteiger partial charge on any atom is -0.497 e. The Morgan fingerprint density at radius 1 is 0.967 bits per heavy atom. The van der Waals surface area contributed by atoms with Crippen molar-refractivity contribution in [2.24, 2.45) is 5.92 Å². The monoisotopic (exact) mass is 412 g/mol. The average Bonchev–Trinajstić information content (AvgIpc) is 2.76. The van der Waals surface area contributed by atoms with E-state index >= 15 is 0 Å². The molecule has 0 fully saturated rings. The number of ether oxygens (including phenoxy) is 2. The molecule has 0 unspecified atom stereocenters. The highest BCUT2D eigenvalue weighted by molar-refractivity contribution is 5.87. The second-order valence-corrected chi connectivity index (χ2v) is 7.62. The van der Waals surface area contributed by atoms with Crippen molar-refractivity contribution in [3.63, 3.8) is 0 Å². The van der Waals surface area contributed by atoms with E-state index in [1.165, 1.54) is 0 Å². The molecule has 0 aliphatic rings. The van der Waals surface area contributed by atoms with E-state index < -0.39 is 6.04 Å². The van der Waals surface area contributed by atoms with Gasteiger partial charge in [-0.3, -0.25) is 9.59 Å². The molecule has 0 saturated carbocycles. The van der Waals surface area contributed by atoms with E-state index in [0.717, 1.165) is 17.7 Å². The molecule has 2 aromatic rings. The lowest BCUT2D eigenvalue weighted by Gasteiger charge is -2.29. The van der Waals surface area contributed by atoms with Gasteiger partial charge in [-0.25, -0.2) is 0 Å². The molecular formula is C24H32N2O4. The molecule has 2 rings (SSSR count). The fraction of sp³-hybridized carbons (Fsp3) is 0.417. The lowest BCUT2D eigenvalue weighted by Crippen LogP contribution is -2.49. The number of para-hydroxylation sites is 1. The van der Waals surface area contributed by atoms with Gasteiger partial charge in [-0.15, -0.1) is 0 Å². The topological polar surface area (TPSA) is 67.9 Å². The van der Waals surface area contributed by atoms with Crippen molar-refractivity contribution in [1.29, 1.82) is 0 Å². The zero-order chi connectivity index (χ0) is 21.9. The Hall–Kier alpha value is -3.02. The normalized spacial score (nSPS) is 11.6. The van der Waals surface area contributed by atoms with Gasteiger partial charge in [-0.2, -0.15) is 0 Å². The standard InChI is InChI=1S/C24H32N2O4/c1-18(2)14-15-25-24(28)19(3)26(16-20-10-12-21(29-4)13-11-20)23(27)17-30-22-8-6-5-7-9-22/h5-13,18-19H,14-17H2,1-4H3,(H,25,28)/t19-/m0/s1. The van der Waals surface area contributed by atoms with Crippen LogP contribution >= 0.6 is 0 Å². The summed E-state index contributed by atoms with van der Waals surface area (Å²) in [6, 6.07) is 16.0. The Morgan fingerprint density at radius 3 is 2.23 bits per heavy atom. The van der Waals surface area contributed by atoms with Gasteiger partial charge < -0.3 is 19.7 Å². The fourth-order valence-corrected chi connectivity index (χ4v) is 2.89. The Bertz CT molecular complexity index is 791. The molecule has 1 atom stereocenters. The smallest absolute Gasteiger partial charge is 0.261 e. The molecule has 0 saturated heterocycles. The van der Waals surface area contributed by atoms with Gasteiger partial charge in [-0.1, -0.05) is 44.2 Å². The first kappa shape index (κ1) is 23.3. The Morgan fingerprint density at radius 2 is 1.63 bits per heavy atom. The second-order valence-electron chi connectivity index (χ2n) is 7.62. The SMILES string of the molecule is COc1ccc(CN(C(=O)COc2ccccc2)[C@@H](C)C(=O)NCCC(C)C)cc1. The highest BCUT2D eigenvalue weighted by Gasteiger charge is 2.26. The van der Waals surface area contributed by atoms with Gasteiger partial charge in [0.25, 0.3) is 5.91 Å². The molecule has 2 aromatic carbocycles. The number of nitrogens with zero attached hydrogens (tertiary/aromatic N) is 1. The number of hydrogen-bond donors (Lipinski definition) is 1. The van der Waals surface area contributed by atoms with Gasteiger partial charge in [0.2, 0.25) is 5.91 Å². The third kappa shape index (κ3) is 7.43. The van der Waals surface area contributed by atoms with Crippen LogP contribution in [0, 0.1) is 5.92 Å². The molecule has 162 valence electrons. The van der Waals surface area contributed by atoms with Crippen molar-refractivity contribution in [3.8, 4) is 11.5 Å². The number of hydrogen-bond acceptors (Lipinski definition) is 4. The lowest BCUT2D eigenvalue weighted by atomic mass is 10.1. The molecule has 6 nitrogen and oxygen atoms in total. The Kier molecular flexibility index (Phi) is 9.19. The summed E-state index contributed by atoms with van der Waals surface area (Å²) in [5, 5.41) is 2.93. The second kappa shape index (κ2) is 11.9. The third-order valence-corrected chi connectivity index (χ3v) is 4.81.